The molecule has 0 amide bonds. The molecule has 2 unspecified atom stereocenters. The number of hydrogen-bond donors (Lipinski definition) is 0. The standard InChI is InChI=1S/C22H36N2O4S2.2CH3.2W/c1-3-4-15-29-21-7-8-22(21)30-16-5-6-20(28)18-24(12-14-26)10-9-23(11-13-25)17-19(2)27;;;;/h21-22H,3-12,15-18H2,1-2H3;2*1H3;;/q-2;2*-1;2*+2. The molecule has 0 aliphatic heterocycles. The molecule has 0 aromatic heterocycles. The molecule has 34 heavy (non-hydrogen) atoms. The minimum Gasteiger partial charge on any atom is -0.541 e. The fourth-order valence-electron chi connectivity index (χ4n) is 3.24. The number of nitrogens with zero attached hydrogens (tertiary/aromatic N) is 2. The van der Waals surface area contributed by atoms with Crippen LogP contribution in [0, 0.1) is 14.9 Å². The van der Waals surface area contributed by atoms with Crippen LogP contribution in [0.4, 0.5) is 0 Å². The Morgan fingerprint density at radius 2 is 1.32 bits per heavy atom. The van der Waals surface area contributed by atoms with Crippen molar-refractivity contribution in [1.82, 2.24) is 9.80 Å². The van der Waals surface area contributed by atoms with Gasteiger partial charge in [0.25, 0.3) is 0 Å². The van der Waals surface area contributed by atoms with Crippen LogP contribution in [0.3, 0.4) is 0 Å². The predicted octanol–water partition coefficient (Wildman–Crippen LogP) is 3.44. The van der Waals surface area contributed by atoms with Crippen molar-refractivity contribution < 1.29 is 61.3 Å². The van der Waals surface area contributed by atoms with E-state index in [2.05, 4.69) is 18.7 Å². The van der Waals surface area contributed by atoms with Crippen molar-refractivity contribution in [1.29, 1.82) is 0 Å². The Kier molecular flexibility index (Phi) is 32.9. The molecule has 6 nitrogen and oxygen atoms in total. The van der Waals surface area contributed by atoms with E-state index >= 15 is 0 Å². The summed E-state index contributed by atoms with van der Waals surface area (Å²) >= 11 is 4.11. The molecular weight excluding hydrogens is 812 g/mol. The summed E-state index contributed by atoms with van der Waals surface area (Å²) in [6.07, 6.45) is 10.2. The largest absolute Gasteiger partial charge is 2.00 e. The summed E-state index contributed by atoms with van der Waals surface area (Å²) in [6, 6.07) is 0. The molecule has 0 spiro atoms. The molecule has 0 bridgehead atoms. The fraction of sp³-hybridized carbons (Fsp3) is 0.750. The van der Waals surface area contributed by atoms with Gasteiger partial charge in [-0.15, -0.1) is 0 Å². The van der Waals surface area contributed by atoms with Gasteiger partial charge in [0.05, 0.1) is 13.1 Å². The van der Waals surface area contributed by atoms with E-state index in [1.807, 2.05) is 18.0 Å². The Hall–Kier alpha value is 0.677. The summed E-state index contributed by atoms with van der Waals surface area (Å²) < 4.78 is 0. The number of carbonyl (C=O) groups is 2. The van der Waals surface area contributed by atoms with Crippen LogP contribution in [-0.2, 0) is 61.3 Å². The van der Waals surface area contributed by atoms with Crippen molar-refractivity contribution in [2.75, 3.05) is 50.8 Å². The minimum atomic E-state index is -0.0372. The van der Waals surface area contributed by atoms with Gasteiger partial charge in [0.2, 0.25) is 0 Å². The van der Waals surface area contributed by atoms with Gasteiger partial charge in [0, 0.05) is 30.0 Å². The third-order valence-electron chi connectivity index (χ3n) is 5.07. The molecule has 2 atom stereocenters. The molecule has 0 radical (unpaired) electrons. The molecular formula is C24H42N2O4S2W2. The first-order valence-electron chi connectivity index (χ1n) is 10.9. The summed E-state index contributed by atoms with van der Waals surface area (Å²) in [7, 11) is 0. The molecule has 0 aromatic rings. The SMILES string of the molecule is CCCCSC1CCC1SCCCC(=O)CN(C[C-]=O)CCN(C[C-]=O)CC(C)=O.[CH3-].[CH3-].[W+2].[W+2]. The maximum absolute atomic E-state index is 12.3. The molecule has 0 heterocycles. The molecule has 10 heteroatoms. The van der Waals surface area contributed by atoms with E-state index < -0.39 is 0 Å². The Morgan fingerprint density at radius 3 is 1.74 bits per heavy atom. The van der Waals surface area contributed by atoms with Crippen LogP contribution in [0.25, 0.3) is 0 Å². The van der Waals surface area contributed by atoms with Gasteiger partial charge in [-0.25, -0.2) is 12.6 Å². The Balaban J connectivity index is -0.00000112. The zero-order valence-electron chi connectivity index (χ0n) is 21.2. The minimum absolute atomic E-state index is 0. The first kappa shape index (κ1) is 41.8. The topological polar surface area (TPSA) is 74.8 Å². The molecule has 1 saturated carbocycles. The molecule has 1 aliphatic carbocycles. The van der Waals surface area contributed by atoms with Gasteiger partial charge >= 0.3 is 42.1 Å². The zero-order chi connectivity index (χ0) is 22.2. The number of unbranched alkanes of at least 4 members (excludes halogenated alkanes) is 1. The van der Waals surface area contributed by atoms with E-state index in [0.717, 1.165) is 22.7 Å². The normalized spacial score (nSPS) is 16.2. The fourth-order valence-corrected chi connectivity index (χ4v) is 6.39. The van der Waals surface area contributed by atoms with Crippen molar-refractivity contribution in [3.8, 4) is 0 Å². The van der Waals surface area contributed by atoms with Gasteiger partial charge < -0.3 is 34.2 Å². The monoisotopic (exact) mass is 854 g/mol. The third kappa shape index (κ3) is 19.8. The second-order valence-electron chi connectivity index (χ2n) is 7.80. The van der Waals surface area contributed by atoms with E-state index in [1.54, 1.807) is 16.1 Å². The van der Waals surface area contributed by atoms with Gasteiger partial charge in [0.15, 0.2) is 0 Å². The van der Waals surface area contributed by atoms with Crippen LogP contribution in [0.15, 0.2) is 0 Å². The van der Waals surface area contributed by atoms with Crippen LogP contribution < -0.4 is 0 Å². The first-order valence-corrected chi connectivity index (χ1v) is 13.0. The number of hydrogen-bond acceptors (Lipinski definition) is 8. The maximum Gasteiger partial charge on any atom is 2.00 e. The van der Waals surface area contributed by atoms with Crippen molar-refractivity contribution in [3.05, 3.63) is 14.9 Å². The van der Waals surface area contributed by atoms with Gasteiger partial charge in [-0.3, -0.25) is 9.59 Å². The summed E-state index contributed by atoms with van der Waals surface area (Å²) in [4.78, 5) is 48.5. The smallest absolute Gasteiger partial charge is 0.541 e. The van der Waals surface area contributed by atoms with Gasteiger partial charge in [-0.1, -0.05) is 26.4 Å². The van der Waals surface area contributed by atoms with Crippen molar-refractivity contribution >= 4 is 47.7 Å². The number of Topliss-reactive ketones (excluding diaryl/α,β-unsaturated/α-hetero) is 2. The Labute approximate surface area is 245 Å². The summed E-state index contributed by atoms with van der Waals surface area (Å²) in [6.45, 7) is 5.02. The van der Waals surface area contributed by atoms with Crippen molar-refractivity contribution in [2.24, 2.45) is 0 Å². The quantitative estimate of drug-likeness (QED) is 0.137. The first-order chi connectivity index (χ1) is 14.5. The Morgan fingerprint density at radius 1 is 0.853 bits per heavy atom. The average Bonchev–Trinajstić information content (AvgIpc) is 2.68. The Bertz CT molecular complexity index is 545. The summed E-state index contributed by atoms with van der Waals surface area (Å²) in [5.74, 6) is 2.34. The number of ketones is 2. The van der Waals surface area contributed by atoms with Crippen molar-refractivity contribution in [2.45, 2.75) is 62.9 Å². The molecule has 1 rings (SSSR count). The zero-order valence-corrected chi connectivity index (χ0v) is 28.7. The maximum atomic E-state index is 12.3. The van der Waals surface area contributed by atoms with Crippen LogP contribution in [0.2, 0.25) is 0 Å². The molecule has 1 aliphatic rings. The van der Waals surface area contributed by atoms with E-state index in [9.17, 15) is 19.2 Å². The van der Waals surface area contributed by atoms with Gasteiger partial charge in [0.1, 0.15) is 11.6 Å². The molecule has 1 fully saturated rings. The number of thioether (sulfide) groups is 2. The second kappa shape index (κ2) is 26.7. The number of rotatable bonds is 20. The van der Waals surface area contributed by atoms with E-state index in [4.69, 9.17) is 0 Å². The van der Waals surface area contributed by atoms with Gasteiger partial charge in [-0.2, -0.15) is 23.5 Å². The number of carbonyl (C=O) groups excluding carboxylic acids is 4. The van der Waals surface area contributed by atoms with Gasteiger partial charge in [-0.05, 0) is 44.1 Å². The van der Waals surface area contributed by atoms with E-state index in [1.165, 1.54) is 38.4 Å². The van der Waals surface area contributed by atoms with Crippen LogP contribution >= 0.6 is 23.5 Å². The molecule has 196 valence electrons. The summed E-state index contributed by atoms with van der Waals surface area (Å²) in [5.41, 5.74) is 0. The van der Waals surface area contributed by atoms with E-state index in [0.29, 0.717) is 19.5 Å². The van der Waals surface area contributed by atoms with E-state index in [-0.39, 0.29) is 94.7 Å². The van der Waals surface area contributed by atoms with Crippen LogP contribution in [0.1, 0.15) is 52.4 Å². The van der Waals surface area contributed by atoms with Crippen LogP contribution in [-0.4, -0.2) is 95.2 Å². The predicted molar refractivity (Wildman–Crippen MR) is 139 cm³/mol. The third-order valence-corrected chi connectivity index (χ3v) is 8.27. The van der Waals surface area contributed by atoms with Crippen LogP contribution in [0.5, 0.6) is 0 Å². The average molecular weight is 854 g/mol. The van der Waals surface area contributed by atoms with Crippen molar-refractivity contribution in [3.63, 3.8) is 0 Å². The summed E-state index contributed by atoms with van der Waals surface area (Å²) in [5, 5.41) is 1.53. The molecule has 0 aromatic carbocycles. The molecule has 0 saturated heterocycles. The second-order valence-corrected chi connectivity index (χ2v) is 10.5. The molecule has 0 N–H and O–H groups in total.